The number of sulfone groups is 1. The van der Waals surface area contributed by atoms with Gasteiger partial charge >= 0.3 is 0 Å². The van der Waals surface area contributed by atoms with Crippen molar-refractivity contribution in [1.82, 2.24) is 9.97 Å². The fraction of sp³-hybridized carbons (Fsp3) is 0.500. The Bertz CT molecular complexity index is 551. The number of fused-ring (bicyclic) bond motifs is 1. The lowest BCUT2D eigenvalue weighted by Crippen LogP contribution is -2.30. The van der Waals surface area contributed by atoms with E-state index in [9.17, 15) is 8.42 Å². The van der Waals surface area contributed by atoms with Crippen LogP contribution in [-0.2, 0) is 16.4 Å². The average Bonchev–Trinajstić information content (AvgIpc) is 2.28. The van der Waals surface area contributed by atoms with E-state index in [0.29, 0.717) is 18.2 Å². The molecule has 0 aromatic carbocycles. The number of hydrogen-bond donors (Lipinski definition) is 1. The second-order valence-corrected chi connectivity index (χ2v) is 6.65. The molecule has 2 rings (SSSR count). The maximum atomic E-state index is 11.8. The second-order valence-electron chi connectivity index (χ2n) is 4.10. The highest BCUT2D eigenvalue weighted by molar-refractivity contribution is 7.92. The minimum absolute atomic E-state index is 0.0827. The molecule has 0 aliphatic carbocycles. The molecule has 1 aliphatic heterocycles. The van der Waals surface area contributed by atoms with E-state index in [4.69, 9.17) is 0 Å². The van der Waals surface area contributed by atoms with Crippen LogP contribution in [0, 0.1) is 0 Å². The lowest BCUT2D eigenvalue weighted by atomic mass is 10.3. The summed E-state index contributed by atoms with van der Waals surface area (Å²) in [5.41, 5.74) is 0.734. The Kier molecular flexibility index (Phi) is 3.10. The van der Waals surface area contributed by atoms with Gasteiger partial charge in [0, 0.05) is 12.4 Å². The molecule has 2 heterocycles. The molecule has 0 atom stereocenters. The third kappa shape index (κ3) is 2.60. The molecule has 0 bridgehead atoms. The first-order valence-corrected chi connectivity index (χ1v) is 7.02. The molecule has 0 saturated carbocycles. The van der Waals surface area contributed by atoms with E-state index in [1.54, 1.807) is 26.2 Å². The van der Waals surface area contributed by atoms with Crippen LogP contribution in [0.2, 0.25) is 0 Å². The van der Waals surface area contributed by atoms with Crippen LogP contribution in [-0.4, -0.2) is 35.2 Å². The third-order valence-electron chi connectivity index (χ3n) is 2.51. The van der Waals surface area contributed by atoms with Crippen LogP contribution in [0.3, 0.4) is 0 Å². The lowest BCUT2D eigenvalue weighted by Gasteiger charge is -2.17. The number of nitrogens with one attached hydrogen (secondary N) is 1. The topological polar surface area (TPSA) is 84.3 Å². The van der Waals surface area contributed by atoms with Crippen LogP contribution in [0.4, 0.5) is 5.82 Å². The highest BCUT2D eigenvalue weighted by Crippen LogP contribution is 2.15. The normalized spacial score (nSPS) is 15.1. The summed E-state index contributed by atoms with van der Waals surface area (Å²) in [5, 5.41) is 2.50. The van der Waals surface area contributed by atoms with E-state index >= 15 is 0 Å². The molecule has 92 valence electrons. The molecule has 0 radical (unpaired) electrons. The molecular formula is C10H14N4O2S. The smallest absolute Gasteiger partial charge is 0.159 e. The summed E-state index contributed by atoms with van der Waals surface area (Å²) >= 11 is 0. The summed E-state index contributed by atoms with van der Waals surface area (Å²) in [6.45, 7) is 3.69. The summed E-state index contributed by atoms with van der Waals surface area (Å²) in [6, 6.07) is 0. The first kappa shape index (κ1) is 12.0. The average molecular weight is 254 g/mol. The van der Waals surface area contributed by atoms with Gasteiger partial charge in [-0.05, 0) is 13.8 Å². The fourth-order valence-corrected chi connectivity index (χ4v) is 2.25. The standard InChI is InChI=1S/C10H14N4O2S/c1-7(2)17(15,16)6-9-13-5-8-10(14-9)12-4-3-11-8/h3-4,7H,5-6H2,1-2H3,(H,12,13,14). The molecule has 1 aromatic heterocycles. The van der Waals surface area contributed by atoms with Gasteiger partial charge in [-0.15, -0.1) is 0 Å². The van der Waals surface area contributed by atoms with Gasteiger partial charge in [-0.3, -0.25) is 9.98 Å². The molecular weight excluding hydrogens is 240 g/mol. The molecule has 0 spiro atoms. The fourth-order valence-electron chi connectivity index (χ4n) is 1.37. The highest BCUT2D eigenvalue weighted by Gasteiger charge is 2.22. The molecule has 1 aliphatic rings. The van der Waals surface area contributed by atoms with Crippen molar-refractivity contribution < 1.29 is 8.42 Å². The Labute approximate surface area is 100 Å². The molecule has 1 N–H and O–H groups in total. The van der Waals surface area contributed by atoms with Crippen molar-refractivity contribution in [3.63, 3.8) is 0 Å². The van der Waals surface area contributed by atoms with E-state index in [-0.39, 0.29) is 5.75 Å². The van der Waals surface area contributed by atoms with E-state index in [2.05, 4.69) is 20.3 Å². The Morgan fingerprint density at radius 3 is 2.76 bits per heavy atom. The molecule has 0 fully saturated rings. The molecule has 7 heteroatoms. The lowest BCUT2D eigenvalue weighted by molar-refractivity contribution is 0.591. The zero-order chi connectivity index (χ0) is 12.5. The van der Waals surface area contributed by atoms with Gasteiger partial charge in [-0.25, -0.2) is 13.4 Å². The second kappa shape index (κ2) is 4.40. The number of nitrogens with zero attached hydrogens (tertiary/aromatic N) is 3. The molecule has 0 amide bonds. The number of anilines is 1. The Hall–Kier alpha value is -1.50. The molecule has 17 heavy (non-hydrogen) atoms. The molecule has 1 aromatic rings. The van der Waals surface area contributed by atoms with E-state index in [1.165, 1.54) is 0 Å². The van der Waals surface area contributed by atoms with Gasteiger partial charge in [0.15, 0.2) is 15.7 Å². The summed E-state index contributed by atoms with van der Waals surface area (Å²) in [7, 11) is -3.14. The van der Waals surface area contributed by atoms with Crippen LogP contribution in [0.15, 0.2) is 17.4 Å². The van der Waals surface area contributed by atoms with Crippen molar-refractivity contribution in [2.45, 2.75) is 25.6 Å². The van der Waals surface area contributed by atoms with Gasteiger partial charge < -0.3 is 5.32 Å². The first-order chi connectivity index (χ1) is 7.99. The molecule has 0 unspecified atom stereocenters. The van der Waals surface area contributed by atoms with Gasteiger partial charge in [0.2, 0.25) is 0 Å². The van der Waals surface area contributed by atoms with Crippen LogP contribution in [0.1, 0.15) is 19.5 Å². The van der Waals surface area contributed by atoms with Crippen molar-refractivity contribution in [1.29, 1.82) is 0 Å². The number of amidine groups is 1. The summed E-state index contributed by atoms with van der Waals surface area (Å²) in [6.07, 6.45) is 3.15. The maximum Gasteiger partial charge on any atom is 0.159 e. The van der Waals surface area contributed by atoms with Crippen LogP contribution in [0.25, 0.3) is 0 Å². The zero-order valence-corrected chi connectivity index (χ0v) is 10.5. The minimum atomic E-state index is -3.14. The summed E-state index contributed by atoms with van der Waals surface area (Å²) in [5.74, 6) is 0.948. The van der Waals surface area contributed by atoms with E-state index in [0.717, 1.165) is 5.69 Å². The molecule has 6 nitrogen and oxygen atoms in total. The first-order valence-electron chi connectivity index (χ1n) is 5.31. The predicted octanol–water partition coefficient (Wildman–Crippen LogP) is 0.624. The van der Waals surface area contributed by atoms with Gasteiger partial charge in [-0.2, -0.15) is 0 Å². The van der Waals surface area contributed by atoms with E-state index in [1.807, 2.05) is 0 Å². The number of aromatic nitrogens is 2. The third-order valence-corrected chi connectivity index (χ3v) is 4.62. The summed E-state index contributed by atoms with van der Waals surface area (Å²) in [4.78, 5) is 12.4. The highest BCUT2D eigenvalue weighted by atomic mass is 32.2. The van der Waals surface area contributed by atoms with Gasteiger partial charge in [0.25, 0.3) is 0 Å². The quantitative estimate of drug-likeness (QED) is 0.855. The maximum absolute atomic E-state index is 11.8. The van der Waals surface area contributed by atoms with E-state index < -0.39 is 15.1 Å². The number of rotatable bonds is 3. The van der Waals surface area contributed by atoms with Crippen molar-refractivity contribution in [2.75, 3.05) is 11.1 Å². The van der Waals surface area contributed by atoms with Gasteiger partial charge in [0.05, 0.1) is 11.8 Å². The Balaban J connectivity index is 2.16. The van der Waals surface area contributed by atoms with Crippen molar-refractivity contribution >= 4 is 21.5 Å². The van der Waals surface area contributed by atoms with Crippen molar-refractivity contribution in [3.05, 3.63) is 18.1 Å². The minimum Gasteiger partial charge on any atom is -0.326 e. The summed E-state index contributed by atoms with van der Waals surface area (Å²) < 4.78 is 23.5. The SMILES string of the molecule is CC(C)S(=O)(=O)CC1=NCc2nccnc2N1. The van der Waals surface area contributed by atoms with Crippen molar-refractivity contribution in [3.8, 4) is 0 Å². The number of aliphatic imine (C=N–C) groups is 1. The Morgan fingerprint density at radius 1 is 1.35 bits per heavy atom. The largest absolute Gasteiger partial charge is 0.326 e. The Morgan fingerprint density at radius 2 is 2.06 bits per heavy atom. The van der Waals surface area contributed by atoms with Crippen LogP contribution >= 0.6 is 0 Å². The monoisotopic (exact) mass is 254 g/mol. The van der Waals surface area contributed by atoms with Gasteiger partial charge in [-0.1, -0.05) is 0 Å². The zero-order valence-electron chi connectivity index (χ0n) is 9.71. The van der Waals surface area contributed by atoms with Gasteiger partial charge in [0.1, 0.15) is 17.3 Å². The van der Waals surface area contributed by atoms with Crippen molar-refractivity contribution in [2.24, 2.45) is 4.99 Å². The molecule has 0 saturated heterocycles. The van der Waals surface area contributed by atoms with Crippen LogP contribution in [0.5, 0.6) is 0 Å². The number of hydrogen-bond acceptors (Lipinski definition) is 6. The predicted molar refractivity (Wildman–Crippen MR) is 65.7 cm³/mol. The van der Waals surface area contributed by atoms with Crippen LogP contribution < -0.4 is 5.32 Å².